The lowest BCUT2D eigenvalue weighted by Crippen LogP contribution is -2.62. The van der Waals surface area contributed by atoms with Gasteiger partial charge < -0.3 is 125 Å². The van der Waals surface area contributed by atoms with Gasteiger partial charge in [-0.15, -0.1) is 0 Å². The highest BCUT2D eigenvalue weighted by molar-refractivity contribution is 6.01. The van der Waals surface area contributed by atoms with Crippen LogP contribution in [0.25, 0.3) is 10.9 Å². The normalized spacial score (nSPS) is 17.1. The second-order valence-corrected chi connectivity index (χ2v) is 29.1. The number of carbonyl (C=O) groups excluding carboxylic acids is 13. The number of unbranched alkanes of at least 4 members (excludes halogenated alkanes) is 1. The van der Waals surface area contributed by atoms with Crippen LogP contribution in [0.15, 0.2) is 75.8 Å². The fourth-order valence-electron chi connectivity index (χ4n) is 13.3. The van der Waals surface area contributed by atoms with Crippen LogP contribution < -0.4 is 105 Å². The summed E-state index contributed by atoms with van der Waals surface area (Å²) in [5.74, 6) is -12.2. The number of benzene rings is 2. The number of nitrogens with one attached hydrogen (secondary N) is 10. The largest absolute Gasteiger partial charge is 0.391 e. The van der Waals surface area contributed by atoms with Gasteiger partial charge in [-0.05, 0) is 132 Å². The third kappa shape index (κ3) is 30.1. The van der Waals surface area contributed by atoms with Crippen molar-refractivity contribution in [3.8, 4) is 0 Å². The van der Waals surface area contributed by atoms with E-state index in [-0.39, 0.29) is 140 Å². The Hall–Kier alpha value is -11.2. The number of para-hydroxylation sites is 1. The number of nitrogens with zero attached hydrogens (tertiary/aromatic N) is 5. The highest BCUT2D eigenvalue weighted by atomic mass is 16.3. The van der Waals surface area contributed by atoms with Crippen molar-refractivity contribution < 1.29 is 67.4 Å². The Kier molecular flexibility index (Phi) is 38.1. The van der Waals surface area contributed by atoms with E-state index in [1.165, 1.54) is 16.7 Å². The van der Waals surface area contributed by atoms with E-state index in [2.05, 4.69) is 67.8 Å². The first-order valence-electron chi connectivity index (χ1n) is 38.4. The van der Waals surface area contributed by atoms with Gasteiger partial charge in [-0.25, -0.2) is 0 Å². The van der Waals surface area contributed by atoms with Crippen molar-refractivity contribution in [3.63, 3.8) is 0 Å². The van der Waals surface area contributed by atoms with Gasteiger partial charge in [0, 0.05) is 62.7 Å². The first-order valence-corrected chi connectivity index (χ1v) is 38.4. The summed E-state index contributed by atoms with van der Waals surface area (Å²) in [5.41, 5.74) is 57.7. The SMILES string of the molecule is CC[C@H](C)[C@H](NC(=O)[C@H](CC(C)C)NC(=O)[C@H](CCCN=C(N)N)NC(=O)[C@H](CC(N)=O)NC(=O)[C@@H](N)CCCN=C(N)N)C(=O)N1CCC[C@H]1C(=O)N1CCC[C@H]1C(=O)N[C@@H](Cc1ccccc1)C(=O)N[C@@H](Cc1c[nH]c2ccccc12)C(=O)N[C@@H](CCCCN)C(=O)N[C@H](C(=O)N[C@@H](CCCN=C(N)N)C(N)=O)[C@@H](C)O. The zero-order valence-corrected chi connectivity index (χ0v) is 65.2. The Balaban J connectivity index is 1.39. The number of rotatable bonds is 48. The summed E-state index contributed by atoms with van der Waals surface area (Å²) in [6, 6.07) is -0.364. The molecule has 5 rings (SSSR count). The van der Waals surface area contributed by atoms with E-state index in [0.717, 1.165) is 0 Å². The molecule has 624 valence electrons. The maximum Gasteiger partial charge on any atom is 0.246 e. The summed E-state index contributed by atoms with van der Waals surface area (Å²) in [7, 11) is 0. The minimum atomic E-state index is -1.67. The van der Waals surface area contributed by atoms with Crippen LogP contribution in [0.4, 0.5) is 0 Å². The van der Waals surface area contributed by atoms with Crippen molar-refractivity contribution >= 4 is 106 Å². The predicted octanol–water partition coefficient (Wildman–Crippen LogP) is -5.25. The third-order valence-corrected chi connectivity index (χ3v) is 19.6. The summed E-state index contributed by atoms with van der Waals surface area (Å²) >= 11 is 0. The average Bonchev–Trinajstić information content (AvgIpc) is 1.67. The number of aromatic amines is 1. The van der Waals surface area contributed by atoms with Crippen LogP contribution in [0.3, 0.4) is 0 Å². The van der Waals surface area contributed by atoms with Crippen LogP contribution in [-0.2, 0) is 75.2 Å². The summed E-state index contributed by atoms with van der Waals surface area (Å²) in [6.07, 6.45) is 1.82. The van der Waals surface area contributed by atoms with Crippen LogP contribution in [0, 0.1) is 11.8 Å². The smallest absolute Gasteiger partial charge is 0.246 e. The molecule has 1 aromatic heterocycles. The lowest BCUT2D eigenvalue weighted by atomic mass is 9.95. The van der Waals surface area contributed by atoms with Gasteiger partial charge in [0.1, 0.15) is 66.5 Å². The molecule has 13 amide bonds. The number of amides is 13. The number of hydrogen-bond acceptors (Lipinski definition) is 19. The van der Waals surface area contributed by atoms with Gasteiger partial charge in [0.25, 0.3) is 0 Å². The molecular weight excluding hydrogens is 1460 g/mol. The molecular formula is C74H119N25O14. The quantitative estimate of drug-likeness (QED) is 0.0143. The molecule has 0 radical (unpaired) electrons. The van der Waals surface area contributed by atoms with E-state index in [1.54, 1.807) is 76.4 Å². The molecule has 2 saturated heterocycles. The molecule has 0 aliphatic carbocycles. The molecule has 0 spiro atoms. The fourth-order valence-corrected chi connectivity index (χ4v) is 13.3. The van der Waals surface area contributed by atoms with Gasteiger partial charge in [0.05, 0.1) is 18.6 Å². The van der Waals surface area contributed by atoms with Crippen LogP contribution >= 0.6 is 0 Å². The number of nitrogens with two attached hydrogens (primary N) is 10. The predicted molar refractivity (Wildman–Crippen MR) is 423 cm³/mol. The minimum absolute atomic E-state index is 0.00235. The molecule has 2 aliphatic heterocycles. The second-order valence-electron chi connectivity index (χ2n) is 29.1. The third-order valence-electron chi connectivity index (χ3n) is 19.6. The van der Waals surface area contributed by atoms with E-state index < -0.39 is 168 Å². The van der Waals surface area contributed by atoms with Crippen molar-refractivity contribution in [3.05, 3.63) is 71.9 Å². The van der Waals surface area contributed by atoms with Gasteiger partial charge >= 0.3 is 0 Å². The number of aliphatic hydroxyl groups excluding tert-OH is 1. The topological polar surface area (TPSA) is 670 Å². The summed E-state index contributed by atoms with van der Waals surface area (Å²) in [6.45, 7) is 9.03. The van der Waals surface area contributed by atoms with Crippen molar-refractivity contribution in [1.82, 2.24) is 62.6 Å². The van der Waals surface area contributed by atoms with Gasteiger partial charge in [0.2, 0.25) is 76.8 Å². The molecule has 0 unspecified atom stereocenters. The van der Waals surface area contributed by atoms with E-state index in [4.69, 9.17) is 57.3 Å². The zero-order valence-electron chi connectivity index (χ0n) is 65.2. The molecule has 0 bridgehead atoms. The van der Waals surface area contributed by atoms with E-state index in [9.17, 15) is 43.5 Å². The van der Waals surface area contributed by atoms with Crippen molar-refractivity contribution in [2.45, 2.75) is 229 Å². The number of likely N-dealkylation sites (tertiary alicyclic amines) is 2. The summed E-state index contributed by atoms with van der Waals surface area (Å²) in [5, 5.41) is 35.7. The monoisotopic (exact) mass is 1580 g/mol. The van der Waals surface area contributed by atoms with Gasteiger partial charge in [-0.2, -0.15) is 0 Å². The molecule has 39 nitrogen and oxygen atoms in total. The fraction of sp³-hybridized carbons (Fsp3) is 0.595. The number of guanidine groups is 3. The first kappa shape index (κ1) is 92.4. The molecule has 2 aliphatic rings. The molecule has 39 heteroatoms. The Morgan fingerprint density at radius 2 is 0.991 bits per heavy atom. The highest BCUT2D eigenvalue weighted by Gasteiger charge is 2.46. The van der Waals surface area contributed by atoms with Gasteiger partial charge in [-0.1, -0.05) is 82.6 Å². The van der Waals surface area contributed by atoms with Crippen LogP contribution in [0.2, 0.25) is 0 Å². The first-order chi connectivity index (χ1) is 53.6. The summed E-state index contributed by atoms with van der Waals surface area (Å²) < 4.78 is 0. The summed E-state index contributed by atoms with van der Waals surface area (Å²) in [4.78, 5) is 203. The number of fused-ring (bicyclic) bond motifs is 1. The van der Waals surface area contributed by atoms with Crippen LogP contribution in [0.5, 0.6) is 0 Å². The zero-order chi connectivity index (χ0) is 83.6. The van der Waals surface area contributed by atoms with Gasteiger partial charge in [-0.3, -0.25) is 77.3 Å². The molecule has 2 fully saturated rings. The van der Waals surface area contributed by atoms with E-state index >= 15 is 24.0 Å². The van der Waals surface area contributed by atoms with Crippen LogP contribution in [0.1, 0.15) is 148 Å². The molecule has 31 N–H and O–H groups in total. The van der Waals surface area contributed by atoms with E-state index in [1.807, 2.05) is 12.1 Å². The highest BCUT2D eigenvalue weighted by Crippen LogP contribution is 2.28. The average molecular weight is 1580 g/mol. The van der Waals surface area contributed by atoms with Crippen LogP contribution in [-0.4, -0.2) is 232 Å². The molecule has 113 heavy (non-hydrogen) atoms. The van der Waals surface area contributed by atoms with Crippen molar-refractivity contribution in [2.75, 3.05) is 39.3 Å². The molecule has 2 aromatic carbocycles. The maximum absolute atomic E-state index is 15.2. The number of hydrogen-bond donors (Lipinski definition) is 21. The maximum atomic E-state index is 15.2. The Morgan fingerprint density at radius 1 is 0.513 bits per heavy atom. The lowest BCUT2D eigenvalue weighted by molar-refractivity contribution is -0.149. The number of carbonyl (C=O) groups is 13. The molecule has 3 aromatic rings. The number of aromatic nitrogens is 1. The van der Waals surface area contributed by atoms with E-state index in [0.29, 0.717) is 54.1 Å². The number of aliphatic hydroxyl groups is 1. The number of H-pyrrole nitrogens is 1. The standard InChI is InChI=1S/C74H119N25O14/c1-6-41(4)58(96-67(109)51(35-40(2)3)93-62(104)50(26-16-32-87-74(83)84)91-66(108)54(38-57(77)101)92-61(103)46(76)22-14-30-85-72(79)80)71(113)99-34-18-28-56(99)70(112)98-33-17-27-55(98)68(110)95-52(36-43-19-8-7-9-20-43)64(106)94-53(37-44-39-88-47-23-11-10-21-45(44)47)65(107)90-49(24-12-13-29-75)63(105)97-59(42(5)100)69(111)89-48(60(78)102)25-15-31-86-73(81)82/h7-11,19-21,23,39-42,46,48-56,58-59,88,100H,6,12-18,22,24-38,75-76H2,1-5H3,(H2,77,101)(H2,78,102)(H,89,111)(H,90,107)(H,91,108)(H,92,103)(H,93,104)(H,94,106)(H,95,110)(H,96,109)(H,97,105)(H4,79,80,85)(H4,81,82,86)(H4,83,84,87)/t41-,42+,46-,48-,49-,50-,51-,52-,53-,54-,55-,56-,58-,59-/m0/s1. The second kappa shape index (κ2) is 46.6. The molecule has 3 heterocycles. The number of primary amides is 2. The lowest BCUT2D eigenvalue weighted by Gasteiger charge is -2.35. The van der Waals surface area contributed by atoms with Gasteiger partial charge in [0.15, 0.2) is 17.9 Å². The number of aliphatic imine (C=N–C) groups is 3. The molecule has 14 atom stereocenters. The van der Waals surface area contributed by atoms with Crippen molar-refractivity contribution in [1.29, 1.82) is 0 Å². The Labute approximate surface area is 657 Å². The van der Waals surface area contributed by atoms with Crippen molar-refractivity contribution in [2.24, 2.45) is 84.1 Å². The Bertz CT molecular complexity index is 3810. The minimum Gasteiger partial charge on any atom is -0.391 e. The Morgan fingerprint density at radius 3 is 1.56 bits per heavy atom. The molecule has 0 saturated carbocycles.